The van der Waals surface area contributed by atoms with Crippen molar-refractivity contribution < 1.29 is 4.74 Å². The number of thiazole rings is 1. The van der Waals surface area contributed by atoms with Gasteiger partial charge >= 0.3 is 0 Å². The van der Waals surface area contributed by atoms with Crippen molar-refractivity contribution in [2.75, 3.05) is 32.1 Å². The maximum Gasteiger partial charge on any atom is 0.204 e. The van der Waals surface area contributed by atoms with E-state index in [2.05, 4.69) is 47.5 Å². The number of aromatic nitrogens is 3. The molecule has 0 saturated carbocycles. The number of ether oxygens (including phenoxy) is 1. The molecule has 9 heteroatoms. The number of fused-ring (bicyclic) bond motifs is 1. The molecule has 0 unspecified atom stereocenters. The van der Waals surface area contributed by atoms with E-state index < -0.39 is 0 Å². The molecule has 2 heterocycles. The van der Waals surface area contributed by atoms with Crippen molar-refractivity contribution in [1.29, 1.82) is 0 Å². The summed E-state index contributed by atoms with van der Waals surface area (Å²) in [6.07, 6.45) is 0.953. The molecule has 0 aliphatic carbocycles. The lowest BCUT2D eigenvalue weighted by Gasteiger charge is -2.22. The van der Waals surface area contributed by atoms with Gasteiger partial charge in [0.25, 0.3) is 0 Å². The molecular formula is C18H25N5OS3. The molecule has 0 fully saturated rings. The number of para-hydroxylation sites is 1. The fraction of sp³-hybridized carbons (Fsp3) is 0.500. The summed E-state index contributed by atoms with van der Waals surface area (Å²) in [7, 11) is 2.08. The number of anilines is 1. The highest BCUT2D eigenvalue weighted by atomic mass is 32.1. The molecule has 0 radical (unpaired) electrons. The predicted molar refractivity (Wildman–Crippen MR) is 116 cm³/mol. The summed E-state index contributed by atoms with van der Waals surface area (Å²) in [5.74, 6) is 0. The second-order valence-corrected chi connectivity index (χ2v) is 8.93. The summed E-state index contributed by atoms with van der Waals surface area (Å²) in [5, 5.41) is 9.90. The third-order valence-electron chi connectivity index (χ3n) is 4.24. The average Bonchev–Trinajstić information content (AvgIpc) is 3.24. The summed E-state index contributed by atoms with van der Waals surface area (Å²) in [5.41, 5.74) is 1.06. The van der Waals surface area contributed by atoms with E-state index in [0.717, 1.165) is 45.8 Å². The molecular weight excluding hydrogens is 398 g/mol. The third kappa shape index (κ3) is 5.32. The maximum absolute atomic E-state index is 5.48. The number of benzene rings is 1. The Bertz CT molecular complexity index is 886. The summed E-state index contributed by atoms with van der Waals surface area (Å²) in [6, 6.07) is 8.44. The Morgan fingerprint density at radius 2 is 2.15 bits per heavy atom. The standard InChI is InChI=1S/C18H25N5OS3/c1-4-24-11-7-10-19-17-21-23(18(25)27-17)12-22(3)13(2)16-20-14-8-5-6-9-15(14)26-16/h5-6,8-9,13H,4,7,10-12H2,1-3H3,(H,19,21)/t13-/m0/s1. The number of nitrogens with zero attached hydrogens (tertiary/aromatic N) is 4. The minimum atomic E-state index is 0.189. The van der Waals surface area contributed by atoms with E-state index in [0.29, 0.717) is 6.67 Å². The van der Waals surface area contributed by atoms with Crippen LogP contribution in [0.15, 0.2) is 24.3 Å². The van der Waals surface area contributed by atoms with Gasteiger partial charge in [0.15, 0.2) is 3.95 Å². The first kappa shape index (κ1) is 20.3. The predicted octanol–water partition coefficient (Wildman–Crippen LogP) is 4.77. The van der Waals surface area contributed by atoms with Crippen LogP contribution in [0, 0.1) is 3.95 Å². The van der Waals surface area contributed by atoms with Crippen LogP contribution in [-0.4, -0.2) is 46.5 Å². The maximum atomic E-state index is 5.48. The normalized spacial score (nSPS) is 12.7. The minimum absolute atomic E-state index is 0.189. The molecule has 27 heavy (non-hydrogen) atoms. The Labute approximate surface area is 172 Å². The first-order chi connectivity index (χ1) is 13.1. The Kier molecular flexibility index (Phi) is 7.31. The number of rotatable bonds is 10. The lowest BCUT2D eigenvalue weighted by molar-refractivity contribution is 0.147. The second-order valence-electron chi connectivity index (χ2n) is 6.24. The topological polar surface area (TPSA) is 55.2 Å². The zero-order chi connectivity index (χ0) is 19.2. The molecule has 0 aliphatic heterocycles. The van der Waals surface area contributed by atoms with Crippen LogP contribution in [0.1, 0.15) is 31.3 Å². The Balaban J connectivity index is 1.59. The zero-order valence-corrected chi connectivity index (χ0v) is 18.3. The third-order valence-corrected chi connectivity index (χ3v) is 6.71. The van der Waals surface area contributed by atoms with E-state index in [4.69, 9.17) is 21.9 Å². The Hall–Kier alpha value is -1.39. The van der Waals surface area contributed by atoms with Gasteiger partial charge in [0.2, 0.25) is 5.13 Å². The van der Waals surface area contributed by atoms with Crippen molar-refractivity contribution in [2.24, 2.45) is 0 Å². The van der Waals surface area contributed by atoms with Gasteiger partial charge in [-0.05, 0) is 51.7 Å². The summed E-state index contributed by atoms with van der Waals surface area (Å²) in [6.45, 7) is 7.16. The first-order valence-electron chi connectivity index (χ1n) is 9.03. The molecule has 0 aliphatic rings. The molecule has 0 saturated heterocycles. The molecule has 1 atom stereocenters. The molecule has 1 N–H and O–H groups in total. The van der Waals surface area contributed by atoms with Gasteiger partial charge in [0, 0.05) is 19.8 Å². The van der Waals surface area contributed by atoms with Gasteiger partial charge in [0.1, 0.15) is 5.01 Å². The molecule has 0 bridgehead atoms. The van der Waals surface area contributed by atoms with E-state index in [1.54, 1.807) is 11.3 Å². The SMILES string of the molecule is CCOCCCNc1nn(CN(C)[C@@H](C)c2nc3ccccc3s2)c(=S)s1. The van der Waals surface area contributed by atoms with Crippen LogP contribution in [0.25, 0.3) is 10.2 Å². The van der Waals surface area contributed by atoms with Crippen molar-refractivity contribution >= 4 is 50.2 Å². The van der Waals surface area contributed by atoms with Crippen LogP contribution >= 0.6 is 34.9 Å². The van der Waals surface area contributed by atoms with E-state index in [1.165, 1.54) is 16.0 Å². The molecule has 146 valence electrons. The highest BCUT2D eigenvalue weighted by Crippen LogP contribution is 2.29. The second kappa shape index (κ2) is 9.70. The van der Waals surface area contributed by atoms with E-state index >= 15 is 0 Å². The van der Waals surface area contributed by atoms with Crippen molar-refractivity contribution in [3.8, 4) is 0 Å². The van der Waals surface area contributed by atoms with Crippen molar-refractivity contribution in [2.45, 2.75) is 33.0 Å². The summed E-state index contributed by atoms with van der Waals surface area (Å²) < 4.78 is 9.21. The van der Waals surface area contributed by atoms with Crippen molar-refractivity contribution in [1.82, 2.24) is 19.7 Å². The van der Waals surface area contributed by atoms with Gasteiger partial charge in [0.05, 0.1) is 22.9 Å². The van der Waals surface area contributed by atoms with E-state index in [-0.39, 0.29) is 6.04 Å². The number of hydrogen-bond acceptors (Lipinski definition) is 8. The minimum Gasteiger partial charge on any atom is -0.382 e. The molecule has 0 amide bonds. The largest absolute Gasteiger partial charge is 0.382 e. The van der Waals surface area contributed by atoms with Gasteiger partial charge in [-0.25, -0.2) is 9.67 Å². The lowest BCUT2D eigenvalue weighted by Crippen LogP contribution is -2.26. The first-order valence-corrected chi connectivity index (χ1v) is 11.1. The van der Waals surface area contributed by atoms with Gasteiger partial charge in [-0.15, -0.1) is 16.4 Å². The highest BCUT2D eigenvalue weighted by molar-refractivity contribution is 7.73. The van der Waals surface area contributed by atoms with Gasteiger partial charge in [-0.1, -0.05) is 23.5 Å². The fourth-order valence-corrected chi connectivity index (χ4v) is 4.67. The monoisotopic (exact) mass is 423 g/mol. The van der Waals surface area contributed by atoms with Crippen LogP contribution in [-0.2, 0) is 11.4 Å². The highest BCUT2D eigenvalue weighted by Gasteiger charge is 2.17. The van der Waals surface area contributed by atoms with Crippen molar-refractivity contribution in [3.05, 3.63) is 33.2 Å². The fourth-order valence-electron chi connectivity index (χ4n) is 2.57. The Morgan fingerprint density at radius 1 is 1.33 bits per heavy atom. The molecule has 6 nitrogen and oxygen atoms in total. The van der Waals surface area contributed by atoms with E-state index in [9.17, 15) is 0 Å². The van der Waals surface area contributed by atoms with Gasteiger partial charge in [-0.3, -0.25) is 4.90 Å². The smallest absolute Gasteiger partial charge is 0.204 e. The summed E-state index contributed by atoms with van der Waals surface area (Å²) >= 11 is 8.73. The molecule has 1 aromatic carbocycles. The van der Waals surface area contributed by atoms with E-state index in [1.807, 2.05) is 17.7 Å². The molecule has 2 aromatic heterocycles. The van der Waals surface area contributed by atoms with Crippen LogP contribution < -0.4 is 5.32 Å². The number of hydrogen-bond donors (Lipinski definition) is 1. The van der Waals surface area contributed by atoms with Crippen LogP contribution in [0.3, 0.4) is 0 Å². The van der Waals surface area contributed by atoms with Gasteiger partial charge in [-0.2, -0.15) is 0 Å². The lowest BCUT2D eigenvalue weighted by atomic mass is 10.3. The zero-order valence-electron chi connectivity index (χ0n) is 15.8. The summed E-state index contributed by atoms with van der Waals surface area (Å²) in [4.78, 5) is 6.98. The van der Waals surface area contributed by atoms with Gasteiger partial charge < -0.3 is 10.1 Å². The Morgan fingerprint density at radius 3 is 2.93 bits per heavy atom. The molecule has 3 rings (SSSR count). The van der Waals surface area contributed by atoms with Crippen LogP contribution in [0.5, 0.6) is 0 Å². The average molecular weight is 424 g/mol. The van der Waals surface area contributed by atoms with Crippen molar-refractivity contribution in [3.63, 3.8) is 0 Å². The molecule has 0 spiro atoms. The molecule has 3 aromatic rings. The quantitative estimate of drug-likeness (QED) is 0.374. The van der Waals surface area contributed by atoms with Crippen LogP contribution in [0.4, 0.5) is 5.13 Å². The number of nitrogens with one attached hydrogen (secondary N) is 1. The van der Waals surface area contributed by atoms with Crippen LogP contribution in [0.2, 0.25) is 0 Å².